The fourth-order valence-corrected chi connectivity index (χ4v) is 3.77. The summed E-state index contributed by atoms with van der Waals surface area (Å²) >= 11 is 0. The van der Waals surface area contributed by atoms with Crippen molar-refractivity contribution in [2.75, 3.05) is 16.8 Å². The third kappa shape index (κ3) is 3.14. The largest absolute Gasteiger partial charge is 0.412 e. The number of anilines is 2. The lowest BCUT2D eigenvalue weighted by Gasteiger charge is -2.16. The fourth-order valence-electron chi connectivity index (χ4n) is 3.77. The Kier molecular flexibility index (Phi) is 4.60. The zero-order valence-corrected chi connectivity index (χ0v) is 15.3. The summed E-state index contributed by atoms with van der Waals surface area (Å²) in [5.41, 5.74) is 2.76. The molecule has 0 bridgehead atoms. The highest BCUT2D eigenvalue weighted by molar-refractivity contribution is 6.03. The third-order valence-corrected chi connectivity index (χ3v) is 5.45. The maximum atomic E-state index is 12.9. The Hall–Kier alpha value is -3.19. The number of benzene rings is 2. The van der Waals surface area contributed by atoms with Gasteiger partial charge in [0.25, 0.3) is 0 Å². The van der Waals surface area contributed by atoms with Crippen LogP contribution in [-0.2, 0) is 9.59 Å². The van der Waals surface area contributed by atoms with Gasteiger partial charge in [0, 0.05) is 23.5 Å². The van der Waals surface area contributed by atoms with Crippen LogP contribution in [0, 0.1) is 5.92 Å². The van der Waals surface area contributed by atoms with Crippen LogP contribution in [-0.4, -0.2) is 34.0 Å². The molecule has 1 aliphatic carbocycles. The van der Waals surface area contributed by atoms with E-state index in [2.05, 4.69) is 15.5 Å². The summed E-state index contributed by atoms with van der Waals surface area (Å²) in [4.78, 5) is 26.8. The molecule has 1 unspecified atom stereocenters. The van der Waals surface area contributed by atoms with Crippen molar-refractivity contribution in [2.45, 2.75) is 25.2 Å². The Labute approximate surface area is 162 Å². The van der Waals surface area contributed by atoms with Crippen molar-refractivity contribution < 1.29 is 15.1 Å². The van der Waals surface area contributed by atoms with Gasteiger partial charge in [0.2, 0.25) is 11.8 Å². The summed E-state index contributed by atoms with van der Waals surface area (Å²) in [7, 11) is 0. The molecular formula is C21H22N4O3. The highest BCUT2D eigenvalue weighted by Crippen LogP contribution is 2.35. The van der Waals surface area contributed by atoms with Crippen LogP contribution in [0.2, 0.25) is 0 Å². The Morgan fingerprint density at radius 3 is 2.64 bits per heavy atom. The van der Waals surface area contributed by atoms with Gasteiger partial charge in [-0.05, 0) is 49.1 Å². The van der Waals surface area contributed by atoms with E-state index in [1.807, 2.05) is 53.4 Å². The molecule has 1 atom stereocenters. The second kappa shape index (κ2) is 7.09. The van der Waals surface area contributed by atoms with Crippen LogP contribution >= 0.6 is 0 Å². The molecule has 28 heavy (non-hydrogen) atoms. The number of aromatic nitrogens is 2. The lowest BCUT2D eigenvalue weighted by Crippen LogP contribution is -2.26. The van der Waals surface area contributed by atoms with Crippen LogP contribution in [0.1, 0.15) is 30.7 Å². The molecule has 3 aromatic rings. The molecule has 7 heteroatoms. The first-order chi connectivity index (χ1) is 13.2. The van der Waals surface area contributed by atoms with Crippen molar-refractivity contribution in [3.63, 3.8) is 0 Å². The van der Waals surface area contributed by atoms with Gasteiger partial charge in [-0.15, -0.1) is 0 Å². The number of hydrogen-bond acceptors (Lipinski definition) is 3. The number of fused-ring (bicyclic) bond motifs is 1. The summed E-state index contributed by atoms with van der Waals surface area (Å²) < 4.78 is 0. The van der Waals surface area contributed by atoms with Crippen molar-refractivity contribution in [3.05, 3.63) is 54.1 Å². The number of hydrogen-bond donors (Lipinski definition) is 2. The molecule has 5 rings (SSSR count). The highest BCUT2D eigenvalue weighted by Gasteiger charge is 2.34. The van der Waals surface area contributed by atoms with Gasteiger partial charge in [-0.1, -0.05) is 24.3 Å². The third-order valence-electron chi connectivity index (χ3n) is 5.45. The average molecular weight is 378 g/mol. The molecule has 4 N–H and O–H groups in total. The maximum absolute atomic E-state index is 12.9. The molecule has 1 aromatic heterocycles. The fraction of sp³-hybridized carbons (Fsp3) is 0.286. The first-order valence-electron chi connectivity index (χ1n) is 9.36. The van der Waals surface area contributed by atoms with Crippen molar-refractivity contribution in [2.24, 2.45) is 5.92 Å². The van der Waals surface area contributed by atoms with Crippen LogP contribution < -0.4 is 10.2 Å². The van der Waals surface area contributed by atoms with E-state index in [4.69, 9.17) is 0 Å². The minimum Gasteiger partial charge on any atom is -0.412 e. The Bertz CT molecular complexity index is 1030. The topological polar surface area (TPSA) is 110 Å². The zero-order valence-electron chi connectivity index (χ0n) is 15.3. The Morgan fingerprint density at radius 2 is 1.89 bits per heavy atom. The number of rotatable bonds is 4. The summed E-state index contributed by atoms with van der Waals surface area (Å²) in [5.74, 6) is 0.717. The smallest absolute Gasteiger partial charge is 0.234 e. The quantitative estimate of drug-likeness (QED) is 0.728. The van der Waals surface area contributed by atoms with E-state index < -0.39 is 0 Å². The van der Waals surface area contributed by atoms with Gasteiger partial charge >= 0.3 is 0 Å². The van der Waals surface area contributed by atoms with Gasteiger partial charge < -0.3 is 15.7 Å². The van der Waals surface area contributed by atoms with Crippen LogP contribution in [0.15, 0.2) is 48.5 Å². The number of carbonyl (C=O) groups is 2. The van der Waals surface area contributed by atoms with Crippen LogP contribution in [0.4, 0.5) is 11.5 Å². The Balaban J connectivity index is 0.00000192. The predicted octanol–water partition coefficient (Wildman–Crippen LogP) is 2.61. The molecule has 1 aliphatic heterocycles. The van der Waals surface area contributed by atoms with Crippen LogP contribution in [0.5, 0.6) is 0 Å². The number of aromatic amines is 1. The molecule has 2 aliphatic rings. The molecule has 2 fully saturated rings. The number of carbonyl (C=O) groups excluding carboxylic acids is 2. The lowest BCUT2D eigenvalue weighted by molar-refractivity contribution is -0.118. The molecule has 1 saturated heterocycles. The minimum absolute atomic E-state index is 0. The van der Waals surface area contributed by atoms with Crippen molar-refractivity contribution in [1.29, 1.82) is 0 Å². The van der Waals surface area contributed by atoms with E-state index in [0.717, 1.165) is 48.0 Å². The molecule has 144 valence electrons. The molecule has 2 aromatic carbocycles. The molecule has 2 amide bonds. The van der Waals surface area contributed by atoms with Gasteiger partial charge in [-0.25, -0.2) is 0 Å². The van der Waals surface area contributed by atoms with Gasteiger partial charge in [-0.2, -0.15) is 5.10 Å². The highest BCUT2D eigenvalue weighted by atomic mass is 16.2. The number of nitrogens with one attached hydrogen (secondary N) is 2. The number of H-pyrrole nitrogens is 1. The van der Waals surface area contributed by atoms with Gasteiger partial charge in [0.05, 0.1) is 11.4 Å². The van der Waals surface area contributed by atoms with Gasteiger partial charge in [-0.3, -0.25) is 14.7 Å². The van der Waals surface area contributed by atoms with E-state index in [1.54, 1.807) is 0 Å². The first kappa shape index (κ1) is 18.2. The van der Waals surface area contributed by atoms with Gasteiger partial charge in [0.15, 0.2) is 5.82 Å². The summed E-state index contributed by atoms with van der Waals surface area (Å²) in [6.45, 7) is 0.719. The van der Waals surface area contributed by atoms with E-state index >= 15 is 0 Å². The van der Waals surface area contributed by atoms with Crippen molar-refractivity contribution in [1.82, 2.24) is 10.2 Å². The molecule has 0 spiro atoms. The zero-order chi connectivity index (χ0) is 18.4. The van der Waals surface area contributed by atoms with Crippen LogP contribution in [0.25, 0.3) is 10.9 Å². The maximum Gasteiger partial charge on any atom is 0.234 e. The van der Waals surface area contributed by atoms with E-state index in [0.29, 0.717) is 5.82 Å². The summed E-state index contributed by atoms with van der Waals surface area (Å²) in [6.07, 6.45) is 2.71. The molecular weight excluding hydrogens is 356 g/mol. The number of para-hydroxylation sites is 1. The van der Waals surface area contributed by atoms with Gasteiger partial charge in [0.1, 0.15) is 0 Å². The molecule has 2 heterocycles. The monoisotopic (exact) mass is 378 g/mol. The van der Waals surface area contributed by atoms with Crippen molar-refractivity contribution in [3.8, 4) is 0 Å². The molecule has 7 nitrogen and oxygen atoms in total. The predicted molar refractivity (Wildman–Crippen MR) is 107 cm³/mol. The van der Waals surface area contributed by atoms with E-state index in [9.17, 15) is 9.59 Å². The summed E-state index contributed by atoms with van der Waals surface area (Å²) in [5, 5.41) is 11.0. The standard InChI is InChI=1S/C21H20N4O2.H2O/c26-20(13-6-7-13)22-19-17-9-8-14(12-18(17)23-24-19)16-10-11-25(21(16)27)15-4-2-1-3-5-15;/h1-5,8-9,12-13,16H,6-7,10-11H2,(H2,22,23,24,26);1H2. The van der Waals surface area contributed by atoms with Crippen molar-refractivity contribution >= 4 is 34.2 Å². The SMILES string of the molecule is O.O=C(Nc1n[nH]c2cc(C3CCN(c4ccccc4)C3=O)ccc12)C1CC1. The van der Waals surface area contributed by atoms with E-state index in [1.165, 1.54) is 0 Å². The normalized spacial score (nSPS) is 18.9. The second-order valence-corrected chi connectivity index (χ2v) is 7.31. The second-order valence-electron chi connectivity index (χ2n) is 7.31. The minimum atomic E-state index is -0.151. The number of nitrogens with zero attached hydrogens (tertiary/aromatic N) is 2. The summed E-state index contributed by atoms with van der Waals surface area (Å²) in [6, 6.07) is 15.7. The Morgan fingerprint density at radius 1 is 1.11 bits per heavy atom. The first-order valence-corrected chi connectivity index (χ1v) is 9.36. The molecule has 0 radical (unpaired) electrons. The number of amides is 2. The average Bonchev–Trinajstić information content (AvgIpc) is 3.38. The lowest BCUT2D eigenvalue weighted by atomic mass is 9.97. The van der Waals surface area contributed by atoms with E-state index in [-0.39, 0.29) is 29.1 Å². The molecule has 1 saturated carbocycles. The van der Waals surface area contributed by atoms with Crippen LogP contribution in [0.3, 0.4) is 0 Å².